The van der Waals surface area contributed by atoms with Crippen LogP contribution in [-0.4, -0.2) is 48.1 Å². The average Bonchev–Trinajstić information content (AvgIpc) is 3.08. The monoisotopic (exact) mass is 315 g/mol. The summed E-state index contributed by atoms with van der Waals surface area (Å²) >= 11 is 0. The maximum absolute atomic E-state index is 12.7. The highest BCUT2D eigenvalue weighted by Gasteiger charge is 2.35. The minimum absolute atomic E-state index is 0.0469. The van der Waals surface area contributed by atoms with Gasteiger partial charge in [0.1, 0.15) is 5.82 Å². The highest BCUT2D eigenvalue weighted by molar-refractivity contribution is 5.82. The molecule has 3 heterocycles. The maximum atomic E-state index is 12.7. The molecule has 122 valence electrons. The Kier molecular flexibility index (Phi) is 3.41. The molecule has 0 bridgehead atoms. The second-order valence-electron chi connectivity index (χ2n) is 6.42. The molecule has 0 saturated heterocycles. The Labute approximate surface area is 134 Å². The van der Waals surface area contributed by atoms with E-state index in [4.69, 9.17) is 5.73 Å². The molecule has 2 atom stereocenters. The number of amides is 1. The molecule has 1 aliphatic heterocycles. The van der Waals surface area contributed by atoms with Crippen LogP contribution in [0.25, 0.3) is 0 Å². The molecule has 4 rings (SSSR count). The molecule has 2 aliphatic rings. The van der Waals surface area contributed by atoms with Gasteiger partial charge in [-0.2, -0.15) is 5.10 Å². The van der Waals surface area contributed by atoms with E-state index in [0.717, 1.165) is 17.3 Å². The van der Waals surface area contributed by atoms with Gasteiger partial charge in [0.25, 0.3) is 0 Å². The van der Waals surface area contributed by atoms with E-state index >= 15 is 0 Å². The first-order valence-corrected chi connectivity index (χ1v) is 8.11. The number of hydrogen-bond acceptors (Lipinski definition) is 5. The van der Waals surface area contributed by atoms with Gasteiger partial charge < -0.3 is 15.6 Å². The molecule has 1 fully saturated rings. The van der Waals surface area contributed by atoms with Gasteiger partial charge in [0.2, 0.25) is 5.91 Å². The van der Waals surface area contributed by atoms with Crippen LogP contribution < -0.4 is 5.73 Å². The van der Waals surface area contributed by atoms with Gasteiger partial charge in [-0.1, -0.05) is 0 Å². The molecule has 23 heavy (non-hydrogen) atoms. The number of carbonyl (C=O) groups excluding carboxylic acids is 1. The number of nitrogens with zero attached hydrogens (tertiary/aromatic N) is 5. The molecule has 2 aromatic rings. The summed E-state index contributed by atoms with van der Waals surface area (Å²) in [6.07, 6.45) is 6.11. The van der Waals surface area contributed by atoms with Crippen molar-refractivity contribution >= 4 is 5.91 Å². The van der Waals surface area contributed by atoms with Crippen molar-refractivity contribution in [1.82, 2.24) is 29.6 Å². The molecular weight excluding hydrogens is 294 g/mol. The van der Waals surface area contributed by atoms with Crippen LogP contribution in [0.3, 0.4) is 0 Å². The fourth-order valence-corrected chi connectivity index (χ4v) is 3.13. The lowest BCUT2D eigenvalue weighted by Gasteiger charge is -2.34. The minimum Gasteiger partial charge on any atom is -0.348 e. The predicted octanol–water partition coefficient (Wildman–Crippen LogP) is 0.352. The molecule has 0 radical (unpaired) electrons. The summed E-state index contributed by atoms with van der Waals surface area (Å²) in [6, 6.07) is -0.667. The summed E-state index contributed by atoms with van der Waals surface area (Å²) < 4.78 is 1.95. The first-order chi connectivity index (χ1) is 11.1. The molecular formula is C15H21N7O. The van der Waals surface area contributed by atoms with E-state index in [0.29, 0.717) is 25.4 Å². The Balaban J connectivity index is 1.49. The number of nitrogens with two attached hydrogens (primary N) is 1. The van der Waals surface area contributed by atoms with Crippen molar-refractivity contribution in [2.75, 3.05) is 6.54 Å². The zero-order chi connectivity index (χ0) is 16.0. The second-order valence-corrected chi connectivity index (χ2v) is 6.42. The minimum atomic E-state index is -0.574. The van der Waals surface area contributed by atoms with Gasteiger partial charge in [-0.3, -0.25) is 4.79 Å². The molecule has 8 heteroatoms. The molecule has 2 aromatic heterocycles. The summed E-state index contributed by atoms with van der Waals surface area (Å²) in [7, 11) is 0. The molecule has 0 unspecified atom stereocenters. The van der Waals surface area contributed by atoms with Gasteiger partial charge in [0, 0.05) is 30.8 Å². The van der Waals surface area contributed by atoms with Gasteiger partial charge in [-0.15, -0.1) is 0 Å². The molecule has 0 spiro atoms. The van der Waals surface area contributed by atoms with E-state index in [2.05, 4.69) is 20.1 Å². The average molecular weight is 315 g/mol. The van der Waals surface area contributed by atoms with Crippen molar-refractivity contribution in [1.29, 1.82) is 0 Å². The van der Waals surface area contributed by atoms with Crippen molar-refractivity contribution in [3.8, 4) is 0 Å². The van der Waals surface area contributed by atoms with Gasteiger partial charge >= 0.3 is 0 Å². The molecule has 0 aromatic carbocycles. The number of imidazole rings is 1. The van der Waals surface area contributed by atoms with E-state index in [-0.39, 0.29) is 11.9 Å². The van der Waals surface area contributed by atoms with E-state index in [1.54, 1.807) is 12.5 Å². The summed E-state index contributed by atoms with van der Waals surface area (Å²) in [6.45, 7) is 3.30. The lowest BCUT2D eigenvalue weighted by molar-refractivity contribution is -0.136. The summed E-state index contributed by atoms with van der Waals surface area (Å²) in [5.41, 5.74) is 6.97. The van der Waals surface area contributed by atoms with Crippen LogP contribution >= 0.6 is 0 Å². The second kappa shape index (κ2) is 5.45. The number of fused-ring (bicyclic) bond motifs is 1. The van der Waals surface area contributed by atoms with E-state index < -0.39 is 6.04 Å². The number of rotatable bonds is 4. The Morgan fingerprint density at radius 1 is 1.48 bits per heavy atom. The first-order valence-electron chi connectivity index (χ1n) is 8.11. The molecule has 1 aliphatic carbocycles. The van der Waals surface area contributed by atoms with Crippen molar-refractivity contribution in [2.45, 2.75) is 50.7 Å². The smallest absolute Gasteiger partial charge is 0.240 e. The van der Waals surface area contributed by atoms with Gasteiger partial charge in [-0.05, 0) is 19.8 Å². The third kappa shape index (κ3) is 2.63. The fraction of sp³-hybridized carbons (Fsp3) is 0.600. The fourth-order valence-electron chi connectivity index (χ4n) is 3.13. The van der Waals surface area contributed by atoms with E-state index in [9.17, 15) is 4.79 Å². The standard InChI is InChI=1S/C15H21N7O/c1-9-14-19-13(10-2-3-10)20-22(14)5-4-21(9)15(23)12(16)6-11-7-17-8-18-11/h7-10,12H,2-6,16H2,1H3,(H,17,18)/t9-,12+/m1/s1. The summed E-state index contributed by atoms with van der Waals surface area (Å²) in [5, 5.41) is 4.59. The summed E-state index contributed by atoms with van der Waals surface area (Å²) in [4.78, 5) is 26.1. The van der Waals surface area contributed by atoms with Crippen LogP contribution in [0.5, 0.6) is 0 Å². The quantitative estimate of drug-likeness (QED) is 0.847. The largest absolute Gasteiger partial charge is 0.348 e. The number of hydrogen-bond donors (Lipinski definition) is 2. The van der Waals surface area contributed by atoms with E-state index in [1.165, 1.54) is 12.8 Å². The van der Waals surface area contributed by atoms with Crippen molar-refractivity contribution < 1.29 is 4.79 Å². The molecule has 1 amide bonds. The lowest BCUT2D eigenvalue weighted by atomic mass is 10.1. The SMILES string of the molecule is C[C@@H]1c2nc(C3CC3)nn2CCN1C(=O)[C@@H](N)Cc1cnc[nH]1. The number of aromatic nitrogens is 5. The van der Waals surface area contributed by atoms with E-state index in [1.807, 2.05) is 16.5 Å². The number of aromatic amines is 1. The number of nitrogens with one attached hydrogen (secondary N) is 1. The van der Waals surface area contributed by atoms with Crippen LogP contribution in [0.2, 0.25) is 0 Å². The van der Waals surface area contributed by atoms with Crippen molar-refractivity contribution in [3.05, 3.63) is 29.9 Å². The highest BCUT2D eigenvalue weighted by Crippen LogP contribution is 2.39. The Morgan fingerprint density at radius 3 is 3.00 bits per heavy atom. The van der Waals surface area contributed by atoms with Gasteiger partial charge in [0.05, 0.1) is 25.0 Å². The number of H-pyrrole nitrogens is 1. The van der Waals surface area contributed by atoms with Crippen LogP contribution in [0.1, 0.15) is 49.1 Å². The third-order valence-corrected chi connectivity index (χ3v) is 4.65. The summed E-state index contributed by atoms with van der Waals surface area (Å²) in [5.74, 6) is 2.28. The topological polar surface area (TPSA) is 106 Å². The van der Waals surface area contributed by atoms with Crippen LogP contribution in [-0.2, 0) is 17.8 Å². The first kappa shape index (κ1) is 14.4. The zero-order valence-corrected chi connectivity index (χ0v) is 13.1. The predicted molar refractivity (Wildman–Crippen MR) is 82.4 cm³/mol. The Hall–Kier alpha value is -2.22. The normalized spacial score (nSPS) is 22.0. The van der Waals surface area contributed by atoms with Crippen LogP contribution in [0.4, 0.5) is 0 Å². The molecule has 1 saturated carbocycles. The Bertz CT molecular complexity index is 703. The van der Waals surface area contributed by atoms with Crippen LogP contribution in [0, 0.1) is 0 Å². The van der Waals surface area contributed by atoms with Gasteiger partial charge in [0.15, 0.2) is 5.82 Å². The van der Waals surface area contributed by atoms with Crippen molar-refractivity contribution in [3.63, 3.8) is 0 Å². The number of carbonyl (C=O) groups is 1. The maximum Gasteiger partial charge on any atom is 0.240 e. The zero-order valence-electron chi connectivity index (χ0n) is 13.1. The van der Waals surface area contributed by atoms with Crippen molar-refractivity contribution in [2.24, 2.45) is 5.73 Å². The molecule has 3 N–H and O–H groups in total. The third-order valence-electron chi connectivity index (χ3n) is 4.65. The lowest BCUT2D eigenvalue weighted by Crippen LogP contribution is -2.49. The highest BCUT2D eigenvalue weighted by atomic mass is 16.2. The van der Waals surface area contributed by atoms with Crippen LogP contribution in [0.15, 0.2) is 12.5 Å². The van der Waals surface area contributed by atoms with Gasteiger partial charge in [-0.25, -0.2) is 14.6 Å². The molecule has 8 nitrogen and oxygen atoms in total. The Morgan fingerprint density at radius 2 is 2.30 bits per heavy atom.